The zero-order valence-corrected chi connectivity index (χ0v) is 16.5. The fourth-order valence-corrected chi connectivity index (χ4v) is 3.18. The standard InChI is InChI=1S/C21H28ClN3O/c1-4-25(5-2)20(18-9-7-6-8-10-18)15-23-21(26)24(3)16-17-11-13-19(22)14-12-17/h6-14,20H,4-5,15-16H2,1-3H3,(H,23,26). The fourth-order valence-electron chi connectivity index (χ4n) is 3.05. The molecule has 0 aromatic heterocycles. The van der Waals surface area contributed by atoms with Crippen LogP contribution in [-0.2, 0) is 6.54 Å². The second-order valence-electron chi connectivity index (χ2n) is 6.32. The number of hydrogen-bond donors (Lipinski definition) is 1. The number of benzene rings is 2. The van der Waals surface area contributed by atoms with E-state index < -0.39 is 0 Å². The van der Waals surface area contributed by atoms with Gasteiger partial charge in [0.25, 0.3) is 0 Å². The van der Waals surface area contributed by atoms with Crippen LogP contribution in [0.2, 0.25) is 5.02 Å². The molecule has 0 spiro atoms. The van der Waals surface area contributed by atoms with E-state index >= 15 is 0 Å². The molecule has 2 amide bonds. The maximum absolute atomic E-state index is 12.5. The van der Waals surface area contributed by atoms with Gasteiger partial charge in [-0.3, -0.25) is 4.90 Å². The number of halogens is 1. The van der Waals surface area contributed by atoms with Gasteiger partial charge in [0.15, 0.2) is 0 Å². The molecule has 0 fully saturated rings. The smallest absolute Gasteiger partial charge is 0.317 e. The van der Waals surface area contributed by atoms with Crippen molar-refractivity contribution in [2.75, 3.05) is 26.7 Å². The molecule has 0 heterocycles. The van der Waals surface area contributed by atoms with Gasteiger partial charge in [0, 0.05) is 25.2 Å². The second-order valence-corrected chi connectivity index (χ2v) is 6.75. The van der Waals surface area contributed by atoms with Gasteiger partial charge in [-0.2, -0.15) is 0 Å². The van der Waals surface area contributed by atoms with Crippen LogP contribution in [0.5, 0.6) is 0 Å². The predicted octanol–water partition coefficient (Wildman–Crippen LogP) is 4.56. The molecular formula is C21H28ClN3O. The molecule has 0 saturated carbocycles. The minimum absolute atomic E-state index is 0.0759. The normalized spacial score (nSPS) is 12.0. The van der Waals surface area contributed by atoms with E-state index in [-0.39, 0.29) is 12.1 Å². The summed E-state index contributed by atoms with van der Waals surface area (Å²) in [6, 6.07) is 18.0. The molecular weight excluding hydrogens is 346 g/mol. The van der Waals surface area contributed by atoms with Gasteiger partial charge in [-0.25, -0.2) is 4.79 Å². The first kappa shape index (κ1) is 20.3. The molecule has 0 bridgehead atoms. The highest BCUT2D eigenvalue weighted by Gasteiger charge is 2.19. The van der Waals surface area contributed by atoms with Crippen LogP contribution >= 0.6 is 11.6 Å². The zero-order chi connectivity index (χ0) is 18.9. The molecule has 2 aromatic carbocycles. The summed E-state index contributed by atoms with van der Waals surface area (Å²) in [6.45, 7) is 7.29. The molecule has 1 atom stereocenters. The lowest BCUT2D eigenvalue weighted by atomic mass is 10.1. The number of carbonyl (C=O) groups is 1. The van der Waals surface area contributed by atoms with E-state index in [0.29, 0.717) is 18.1 Å². The molecule has 0 aliphatic heterocycles. The Morgan fingerprint density at radius 2 is 1.65 bits per heavy atom. The van der Waals surface area contributed by atoms with Crippen LogP contribution < -0.4 is 5.32 Å². The number of rotatable bonds is 8. The molecule has 0 aliphatic carbocycles. The lowest BCUT2D eigenvalue weighted by Crippen LogP contribution is -2.42. The van der Waals surface area contributed by atoms with Crippen LogP contribution in [-0.4, -0.2) is 42.5 Å². The molecule has 1 N–H and O–H groups in total. The summed E-state index contributed by atoms with van der Waals surface area (Å²) in [5.74, 6) is 0. The number of urea groups is 1. The highest BCUT2D eigenvalue weighted by atomic mass is 35.5. The second kappa shape index (κ2) is 10.2. The lowest BCUT2D eigenvalue weighted by Gasteiger charge is -2.31. The molecule has 2 aromatic rings. The zero-order valence-electron chi connectivity index (χ0n) is 15.8. The Bertz CT molecular complexity index is 671. The van der Waals surface area contributed by atoms with Gasteiger partial charge in [0.1, 0.15) is 0 Å². The van der Waals surface area contributed by atoms with Crippen molar-refractivity contribution in [3.05, 3.63) is 70.7 Å². The fraction of sp³-hybridized carbons (Fsp3) is 0.381. The summed E-state index contributed by atoms with van der Waals surface area (Å²) in [5.41, 5.74) is 2.27. The van der Waals surface area contributed by atoms with Crippen molar-refractivity contribution in [1.82, 2.24) is 15.1 Å². The summed E-state index contributed by atoms with van der Waals surface area (Å²) >= 11 is 5.91. The van der Waals surface area contributed by atoms with Crippen LogP contribution in [0, 0.1) is 0 Å². The minimum atomic E-state index is -0.0759. The molecule has 0 radical (unpaired) electrons. The first-order valence-electron chi connectivity index (χ1n) is 9.07. The molecule has 2 rings (SSSR count). The summed E-state index contributed by atoms with van der Waals surface area (Å²) in [6.07, 6.45) is 0. The van der Waals surface area contributed by atoms with Gasteiger partial charge in [-0.1, -0.05) is 67.9 Å². The number of nitrogens with zero attached hydrogens (tertiary/aromatic N) is 2. The summed E-state index contributed by atoms with van der Waals surface area (Å²) in [5, 5.41) is 3.78. The van der Waals surface area contributed by atoms with Gasteiger partial charge in [-0.05, 0) is 36.3 Å². The highest BCUT2D eigenvalue weighted by molar-refractivity contribution is 6.30. The van der Waals surface area contributed by atoms with E-state index in [1.807, 2.05) is 42.5 Å². The number of likely N-dealkylation sites (N-methyl/N-ethyl adjacent to an activating group) is 1. The number of amides is 2. The van der Waals surface area contributed by atoms with Crippen LogP contribution in [0.3, 0.4) is 0 Å². The Balaban J connectivity index is 1.98. The van der Waals surface area contributed by atoms with Crippen molar-refractivity contribution in [1.29, 1.82) is 0 Å². The van der Waals surface area contributed by atoms with Gasteiger partial charge < -0.3 is 10.2 Å². The van der Waals surface area contributed by atoms with E-state index in [9.17, 15) is 4.79 Å². The minimum Gasteiger partial charge on any atom is -0.336 e. The lowest BCUT2D eigenvalue weighted by molar-refractivity contribution is 0.188. The van der Waals surface area contributed by atoms with E-state index in [2.05, 4.69) is 36.2 Å². The van der Waals surface area contributed by atoms with Crippen molar-refractivity contribution in [3.8, 4) is 0 Å². The maximum Gasteiger partial charge on any atom is 0.317 e. The van der Waals surface area contributed by atoms with Gasteiger partial charge in [0.2, 0.25) is 0 Å². The maximum atomic E-state index is 12.5. The topological polar surface area (TPSA) is 35.6 Å². The summed E-state index contributed by atoms with van der Waals surface area (Å²) in [7, 11) is 1.80. The van der Waals surface area contributed by atoms with E-state index in [0.717, 1.165) is 18.7 Å². The average Bonchev–Trinajstić information content (AvgIpc) is 2.67. The Labute approximate surface area is 161 Å². The first-order chi connectivity index (χ1) is 12.5. The number of nitrogens with one attached hydrogen (secondary N) is 1. The Hall–Kier alpha value is -2.04. The predicted molar refractivity (Wildman–Crippen MR) is 108 cm³/mol. The van der Waals surface area contributed by atoms with Crippen molar-refractivity contribution >= 4 is 17.6 Å². The molecule has 5 heteroatoms. The molecule has 26 heavy (non-hydrogen) atoms. The van der Waals surface area contributed by atoms with Crippen molar-refractivity contribution < 1.29 is 4.79 Å². The van der Waals surface area contributed by atoms with Gasteiger partial charge >= 0.3 is 6.03 Å². The van der Waals surface area contributed by atoms with E-state index in [1.54, 1.807) is 11.9 Å². The third kappa shape index (κ3) is 5.75. The van der Waals surface area contributed by atoms with Crippen molar-refractivity contribution in [2.24, 2.45) is 0 Å². The molecule has 1 unspecified atom stereocenters. The Morgan fingerprint density at radius 1 is 1.04 bits per heavy atom. The van der Waals surface area contributed by atoms with Crippen molar-refractivity contribution in [2.45, 2.75) is 26.4 Å². The molecule has 140 valence electrons. The Kier molecular flexibility index (Phi) is 7.95. The van der Waals surface area contributed by atoms with Crippen LogP contribution in [0.25, 0.3) is 0 Å². The first-order valence-corrected chi connectivity index (χ1v) is 9.45. The largest absolute Gasteiger partial charge is 0.336 e. The molecule has 0 saturated heterocycles. The Morgan fingerprint density at radius 3 is 2.23 bits per heavy atom. The van der Waals surface area contributed by atoms with Gasteiger partial charge in [-0.15, -0.1) is 0 Å². The number of hydrogen-bond acceptors (Lipinski definition) is 2. The number of carbonyl (C=O) groups excluding carboxylic acids is 1. The quantitative estimate of drug-likeness (QED) is 0.736. The third-order valence-electron chi connectivity index (χ3n) is 4.56. The van der Waals surface area contributed by atoms with E-state index in [1.165, 1.54) is 5.56 Å². The third-order valence-corrected chi connectivity index (χ3v) is 4.82. The van der Waals surface area contributed by atoms with Crippen LogP contribution in [0.4, 0.5) is 4.79 Å². The SMILES string of the molecule is CCN(CC)C(CNC(=O)N(C)Cc1ccc(Cl)cc1)c1ccccc1. The summed E-state index contributed by atoms with van der Waals surface area (Å²) in [4.78, 5) is 16.6. The van der Waals surface area contributed by atoms with Crippen LogP contribution in [0.1, 0.15) is 31.0 Å². The average molecular weight is 374 g/mol. The van der Waals surface area contributed by atoms with Gasteiger partial charge in [0.05, 0.1) is 6.04 Å². The highest BCUT2D eigenvalue weighted by Crippen LogP contribution is 2.19. The molecule has 4 nitrogen and oxygen atoms in total. The molecule has 0 aliphatic rings. The van der Waals surface area contributed by atoms with E-state index in [4.69, 9.17) is 11.6 Å². The van der Waals surface area contributed by atoms with Crippen LogP contribution in [0.15, 0.2) is 54.6 Å². The summed E-state index contributed by atoms with van der Waals surface area (Å²) < 4.78 is 0. The van der Waals surface area contributed by atoms with Crippen molar-refractivity contribution in [3.63, 3.8) is 0 Å². The monoisotopic (exact) mass is 373 g/mol.